The van der Waals surface area contributed by atoms with Crippen LogP contribution in [0.3, 0.4) is 0 Å². The number of carbonyl (C=O) groups excluding carboxylic acids is 2. The minimum atomic E-state index is -1.63. The van der Waals surface area contributed by atoms with Gasteiger partial charge in [-0.05, 0) is 337 Å². The zero-order valence-corrected chi connectivity index (χ0v) is 88.6. The molecule has 16 rings (SSSR count). The number of aryl methyl sites for hydroxylation is 7. The van der Waals surface area contributed by atoms with Crippen molar-refractivity contribution in [3.63, 3.8) is 0 Å². The number of rotatable bonds is 29. The first-order valence-electron chi connectivity index (χ1n) is 48.1. The number of H-pyrrole nitrogens is 6. The summed E-state index contributed by atoms with van der Waals surface area (Å²) >= 11 is 6.98. The number of hydrogen-bond acceptors (Lipinski definition) is 8. The maximum atomic E-state index is 12.1. The largest absolute Gasteiger partial charge is 0.481 e. The zero-order chi connectivity index (χ0) is 98.7. The molecule has 0 amide bonds. The van der Waals surface area contributed by atoms with Crippen LogP contribution in [0.15, 0.2) is 228 Å². The van der Waals surface area contributed by atoms with E-state index < -0.39 is 58.2 Å². The van der Waals surface area contributed by atoms with Crippen LogP contribution >= 0.6 is 31.9 Å². The van der Waals surface area contributed by atoms with Gasteiger partial charge >= 0.3 is 29.8 Å². The molecule has 720 valence electrons. The third kappa shape index (κ3) is 27.0. The van der Waals surface area contributed by atoms with Crippen LogP contribution in [0, 0.1) is 11.8 Å². The Morgan fingerprint density at radius 3 is 1.03 bits per heavy atom. The average Bonchev–Trinajstić information content (AvgIpc) is 1.67. The molecule has 135 heavy (non-hydrogen) atoms. The Bertz CT molecular complexity index is 6470. The van der Waals surface area contributed by atoms with Crippen LogP contribution in [-0.4, -0.2) is 132 Å². The maximum Gasteiger partial charge on any atom is 0.320 e. The zero-order valence-electron chi connectivity index (χ0n) is 83.4. The molecule has 0 aliphatic carbocycles. The van der Waals surface area contributed by atoms with Gasteiger partial charge in [0.25, 0.3) is 0 Å². The maximum absolute atomic E-state index is 12.1. The van der Waals surface area contributed by atoms with Crippen molar-refractivity contribution < 1.29 is 48.8 Å². The molecule has 8 heterocycles. The molecular weight excluding hydrogens is 1850 g/mol. The van der Waals surface area contributed by atoms with Gasteiger partial charge in [0.2, 0.25) is 0 Å². The Balaban J connectivity index is 0.000000175. The molecular formula is C112H145Br2N9O10Si2. The smallest absolute Gasteiger partial charge is 0.320 e. The van der Waals surface area contributed by atoms with E-state index in [2.05, 4.69) is 365 Å². The van der Waals surface area contributed by atoms with Crippen molar-refractivity contribution in [2.24, 2.45) is 11.8 Å². The Morgan fingerprint density at radius 1 is 0.356 bits per heavy atom. The number of nitrogens with zero attached hydrogens (tertiary/aromatic N) is 3. The Hall–Kier alpha value is -11.2. The number of esters is 2. The van der Waals surface area contributed by atoms with Crippen molar-refractivity contribution in [2.75, 3.05) is 27.3 Å². The minimum Gasteiger partial charge on any atom is -0.481 e. The van der Waals surface area contributed by atoms with E-state index >= 15 is 0 Å². The summed E-state index contributed by atoms with van der Waals surface area (Å²) in [6.45, 7) is 46.8. The second-order valence-corrected chi connectivity index (χ2v) is 50.3. The van der Waals surface area contributed by atoms with Gasteiger partial charge in [-0.1, -0.05) is 193 Å². The van der Waals surface area contributed by atoms with Crippen LogP contribution in [0.5, 0.6) is 0 Å². The SMILES string of the molecule is Brc1ccc2[nH]ccc2c1.CC(C)[Si](C(C)C)(C(C)C)n1ccc2cc(Br)ccc21.CCOC(=O)C(Cc1c[nH]c2ccc(CC)cc12)C(=O)OCC.CCc1ccc2[nH]cc(CC(C(=O)O)C(=O)O)c2c1.CCc1ccc2[nH]cc(CCC(=O)O)c2c1.CCc1ccc2[nH]cc(CN(C)C)c2c1.CCc1ccc2[nH]ccc2c1.CCc1ccc2c(ccn2[Si](C(C)C)(C(C)C)C(C)C)c1. The summed E-state index contributed by atoms with van der Waals surface area (Å²) in [7, 11) is 0.941. The van der Waals surface area contributed by atoms with Crippen LogP contribution in [0.2, 0.25) is 33.2 Å². The summed E-state index contributed by atoms with van der Waals surface area (Å²) in [5.74, 6) is -6.79. The quantitative estimate of drug-likeness (QED) is 0.0121. The molecule has 0 aliphatic rings. The van der Waals surface area contributed by atoms with Gasteiger partial charge in [0.05, 0.1) is 13.2 Å². The van der Waals surface area contributed by atoms with Gasteiger partial charge in [-0.2, -0.15) is 0 Å². The monoisotopic (exact) mass is 1990 g/mol. The molecule has 8 aromatic carbocycles. The standard InChI is InChI=1S/C19H31NSi.C18H23NO4.C17H26BrNSi.C14H15NO4.C13H18N2.C13H15NO2.C10H11N.C8H6BrN/c1-8-17-9-10-19-18(13-17)11-12-20(19)21(14(2)3,15(4)5)16(6)7;1-4-12-7-8-16-14(9-12)13(11-19-16)10-15(17(20)22-5-2)18(21)23-6-3;1-12(2)20(13(3)4,14(5)6)19-10-9-15-11-16(18)7-8-17(15)19;1-2-8-3-4-12-10(5-8)9(7-15-12)6-11(13(16)17)14(18)19;1-4-10-5-6-13-12(7-10)11(8-14-13)9-15(2)3;1-2-9-3-5-12-11(7-9)10(8-14-12)4-6-13(15)16;1-2-8-3-4-10-9(7-8)5-6-11-10;9-7-1-2-8-6(5-7)3-4-10-8/h9-16H,8H2,1-7H3;7-9,11,15,19H,4-6,10H2,1-3H3;7-14H,1-6H3;3-5,7,11,15H,2,6H2,1H3,(H,16,17)(H,18,19);5-8,14H,4,9H2,1-3H3;3,5,7-8,14H,2,4,6H2,1H3,(H,15,16);3-7,11H,2H2,1H3;1-5,10H. The highest BCUT2D eigenvalue weighted by Crippen LogP contribution is 2.46. The van der Waals surface area contributed by atoms with Crippen LogP contribution in [-0.2, 0) is 97.8 Å². The van der Waals surface area contributed by atoms with E-state index in [0.717, 1.165) is 142 Å². The Kier molecular flexibility index (Phi) is 40.2. The van der Waals surface area contributed by atoms with Crippen molar-refractivity contribution in [1.29, 1.82) is 0 Å². The number of aromatic nitrogens is 8. The first-order valence-corrected chi connectivity index (χ1v) is 54.1. The summed E-state index contributed by atoms with van der Waals surface area (Å²) in [5, 5.41) is 36.3. The lowest BCUT2D eigenvalue weighted by Crippen LogP contribution is -2.51. The predicted molar refractivity (Wildman–Crippen MR) is 575 cm³/mol. The molecule has 0 bridgehead atoms. The van der Waals surface area contributed by atoms with E-state index in [1.54, 1.807) is 20.0 Å². The van der Waals surface area contributed by atoms with Crippen LogP contribution in [0.1, 0.15) is 201 Å². The molecule has 0 spiro atoms. The molecule has 8 aromatic heterocycles. The number of carbonyl (C=O) groups is 5. The minimum absolute atomic E-state index is 0.0160. The van der Waals surface area contributed by atoms with Gasteiger partial charge < -0.3 is 68.1 Å². The molecule has 19 nitrogen and oxygen atoms in total. The number of hydrogen-bond donors (Lipinski definition) is 9. The highest BCUT2D eigenvalue weighted by Gasteiger charge is 2.47. The molecule has 9 N–H and O–H groups in total. The van der Waals surface area contributed by atoms with E-state index in [0.29, 0.717) is 6.42 Å². The number of nitrogens with one attached hydrogen (secondary N) is 6. The molecule has 0 saturated heterocycles. The summed E-state index contributed by atoms with van der Waals surface area (Å²) in [4.78, 5) is 77.8. The van der Waals surface area contributed by atoms with Crippen molar-refractivity contribution >= 4 is 165 Å². The summed E-state index contributed by atoms with van der Waals surface area (Å²) in [6.07, 6.45) is 23.3. The topological polar surface area (TPSA) is 272 Å². The molecule has 0 radical (unpaired) electrons. The average molecular weight is 1990 g/mol. The fourth-order valence-electron chi connectivity index (χ4n) is 19.7. The number of carboxylic acid groups (broad SMARTS) is 3. The number of fused-ring (bicyclic) bond motifs is 8. The lowest BCUT2D eigenvalue weighted by Gasteiger charge is -2.44. The van der Waals surface area contributed by atoms with Gasteiger partial charge in [0, 0.05) is 130 Å². The predicted octanol–water partition coefficient (Wildman–Crippen LogP) is 28.9. The third-order valence-corrected chi connectivity index (χ3v) is 40.9. The van der Waals surface area contributed by atoms with E-state index in [1.807, 2.05) is 62.0 Å². The number of benzene rings is 8. The van der Waals surface area contributed by atoms with Crippen molar-refractivity contribution in [3.05, 3.63) is 284 Å². The van der Waals surface area contributed by atoms with E-state index in [4.69, 9.17) is 24.8 Å². The van der Waals surface area contributed by atoms with Gasteiger partial charge in [-0.15, -0.1) is 0 Å². The molecule has 0 aliphatic heterocycles. The first-order chi connectivity index (χ1) is 64.5. The third-order valence-electron chi connectivity index (χ3n) is 26.4. The number of aliphatic carboxylic acids is 3. The molecule has 0 unspecified atom stereocenters. The first kappa shape index (κ1) is 107. The van der Waals surface area contributed by atoms with Crippen molar-refractivity contribution in [3.8, 4) is 0 Å². The molecule has 0 saturated carbocycles. The number of carboxylic acids is 3. The molecule has 16 aromatic rings. The van der Waals surface area contributed by atoms with E-state index in [1.165, 1.54) is 87.9 Å². The van der Waals surface area contributed by atoms with E-state index in [-0.39, 0.29) is 32.5 Å². The summed E-state index contributed by atoms with van der Waals surface area (Å²) in [6, 6.07) is 60.2. The highest BCUT2D eigenvalue weighted by molar-refractivity contribution is 9.10. The molecule has 0 atom stereocenters. The van der Waals surface area contributed by atoms with E-state index in [9.17, 15) is 24.0 Å². The van der Waals surface area contributed by atoms with Crippen molar-refractivity contribution in [1.82, 2.24) is 43.3 Å². The lowest BCUT2D eigenvalue weighted by atomic mass is 9.98. The normalized spacial score (nSPS) is 11.6. The van der Waals surface area contributed by atoms with Gasteiger partial charge in [-0.25, -0.2) is 0 Å². The molecule has 0 fully saturated rings. The second kappa shape index (κ2) is 50.6. The summed E-state index contributed by atoms with van der Waals surface area (Å²) in [5.41, 5.74) is 25.8. The van der Waals surface area contributed by atoms with Crippen LogP contribution < -0.4 is 0 Å². The molecule has 23 heteroatoms. The van der Waals surface area contributed by atoms with Gasteiger partial charge in [0.1, 0.15) is 0 Å². The van der Waals surface area contributed by atoms with Gasteiger partial charge in [-0.3, -0.25) is 24.0 Å². The fourth-order valence-corrected chi connectivity index (χ4v) is 33.7. The Morgan fingerprint density at radius 2 is 0.659 bits per heavy atom. The summed E-state index contributed by atoms with van der Waals surface area (Å²) < 4.78 is 17.7. The highest BCUT2D eigenvalue weighted by atomic mass is 79.9. The van der Waals surface area contributed by atoms with Crippen LogP contribution in [0.25, 0.3) is 87.2 Å². The second-order valence-electron chi connectivity index (χ2n) is 37.0. The lowest BCUT2D eigenvalue weighted by molar-refractivity contribution is -0.162. The Labute approximate surface area is 817 Å². The van der Waals surface area contributed by atoms with Crippen molar-refractivity contribution in [2.45, 2.75) is 242 Å². The number of ether oxygens (including phenoxy) is 2. The number of aromatic amines is 6. The van der Waals surface area contributed by atoms with Crippen LogP contribution in [0.4, 0.5) is 0 Å². The fraction of sp³-hybridized carbons (Fsp3) is 0.384. The van der Waals surface area contributed by atoms with Gasteiger partial charge in [0.15, 0.2) is 28.3 Å². The number of halogens is 2.